The number of likely N-dealkylation sites (tertiary alicyclic amines) is 1. The highest BCUT2D eigenvalue weighted by molar-refractivity contribution is 7.98. The van der Waals surface area contributed by atoms with Gasteiger partial charge in [0, 0.05) is 25.1 Å². The van der Waals surface area contributed by atoms with Gasteiger partial charge in [-0.05, 0) is 67.9 Å². The Balaban J connectivity index is 2.20. The third-order valence-electron chi connectivity index (χ3n) is 11.6. The van der Waals surface area contributed by atoms with Crippen LogP contribution in [0.25, 0.3) is 0 Å². The molecule has 10 amide bonds. The van der Waals surface area contributed by atoms with Crippen molar-refractivity contribution in [2.75, 3.05) is 30.9 Å². The molecule has 9 atom stereocenters. The molecule has 1 aliphatic rings. The van der Waals surface area contributed by atoms with Gasteiger partial charge >= 0.3 is 5.97 Å². The summed E-state index contributed by atoms with van der Waals surface area (Å²) in [6, 6.07) is -0.955. The van der Waals surface area contributed by atoms with Crippen LogP contribution in [-0.2, 0) is 59.2 Å². The van der Waals surface area contributed by atoms with Crippen LogP contribution in [0.4, 0.5) is 0 Å². The lowest BCUT2D eigenvalue weighted by molar-refractivity contribution is -0.146. The van der Waals surface area contributed by atoms with E-state index in [0.29, 0.717) is 18.6 Å². The molecule has 0 saturated carbocycles. The van der Waals surface area contributed by atoms with Gasteiger partial charge in [-0.1, -0.05) is 64.4 Å². The van der Waals surface area contributed by atoms with Crippen LogP contribution in [0.3, 0.4) is 0 Å². The van der Waals surface area contributed by atoms with E-state index in [4.69, 9.17) is 17.2 Å². The lowest BCUT2D eigenvalue weighted by Crippen LogP contribution is -2.61. The Hall–Kier alpha value is -5.95. The first-order chi connectivity index (χ1) is 33.0. The van der Waals surface area contributed by atoms with E-state index in [0.717, 1.165) is 5.56 Å². The number of amides is 10. The first kappa shape index (κ1) is 60.2. The summed E-state index contributed by atoms with van der Waals surface area (Å²) in [5.41, 5.74) is 17.5. The van der Waals surface area contributed by atoms with Crippen molar-refractivity contribution in [2.45, 2.75) is 134 Å². The Morgan fingerprint density at radius 1 is 0.743 bits per heavy atom. The molecule has 0 radical (unpaired) electrons. The molecule has 1 heterocycles. The number of nitrogens with two attached hydrogens (primary N) is 3. The first-order valence-electron chi connectivity index (χ1n) is 23.1. The minimum absolute atomic E-state index is 0.0613. The molecular formula is C45H71N11O12S2. The van der Waals surface area contributed by atoms with E-state index in [1.165, 1.54) is 16.7 Å². The number of carbonyl (C=O) groups excluding carboxylic acids is 10. The van der Waals surface area contributed by atoms with Gasteiger partial charge in [0.15, 0.2) is 0 Å². The number of primary amides is 2. The number of hydrogen-bond donors (Lipinski definition) is 12. The molecule has 23 nitrogen and oxygen atoms in total. The second-order valence-corrected chi connectivity index (χ2v) is 18.8. The predicted molar refractivity (Wildman–Crippen MR) is 263 cm³/mol. The molecule has 390 valence electrons. The molecule has 0 aromatic heterocycles. The monoisotopic (exact) mass is 1020 g/mol. The van der Waals surface area contributed by atoms with Gasteiger partial charge in [-0.2, -0.15) is 24.4 Å². The standard InChI is InChI=1S/C45H71N11O12S2/c1-6-25(4)37(55-41(63)31(23-69)50-35(59)22-49-39(61)28(14-16-33(47)57)51-38(60)27(46)21-26-11-8-7-9-12-26)43(65)52-29(18-20-70-5)40(62)53-30(15-17-34(48)58)44(66)56-19-10-13-32(56)42(64)54-36(24(2)3)45(67)68/h7-9,11-12,24-25,27-32,36-37,69H,6,10,13-23,46H2,1-5H3,(H2,47,57)(H2,48,58)(H,49,61)(H,50,59)(H,51,60)(H,52,65)(H,53,62)(H,54,64)(H,55,63)(H,67,68)/t25-,27-,28-,29-,30-,31-,32-,36-,37-/m0/s1. The molecule has 0 aliphatic carbocycles. The van der Waals surface area contributed by atoms with Gasteiger partial charge in [-0.3, -0.25) is 47.9 Å². The molecule has 1 aromatic rings. The van der Waals surface area contributed by atoms with Crippen LogP contribution in [0.1, 0.15) is 84.6 Å². The highest BCUT2D eigenvalue weighted by Crippen LogP contribution is 2.21. The molecule has 2 rings (SSSR count). The maximum atomic E-state index is 14.0. The van der Waals surface area contributed by atoms with Crippen LogP contribution in [0, 0.1) is 11.8 Å². The van der Waals surface area contributed by atoms with Crippen molar-refractivity contribution in [3.63, 3.8) is 0 Å². The van der Waals surface area contributed by atoms with E-state index >= 15 is 0 Å². The molecule has 1 fully saturated rings. The van der Waals surface area contributed by atoms with Crippen LogP contribution in [0.2, 0.25) is 0 Å². The van der Waals surface area contributed by atoms with Gasteiger partial charge in [0.2, 0.25) is 59.1 Å². The maximum absolute atomic E-state index is 14.0. The molecule has 1 saturated heterocycles. The van der Waals surface area contributed by atoms with Crippen LogP contribution in [0.15, 0.2) is 30.3 Å². The number of benzene rings is 1. The van der Waals surface area contributed by atoms with Crippen LogP contribution >= 0.6 is 24.4 Å². The topological polar surface area (TPSA) is 374 Å². The van der Waals surface area contributed by atoms with E-state index in [-0.39, 0.29) is 57.2 Å². The smallest absolute Gasteiger partial charge is 0.326 e. The Kier molecular flexibility index (Phi) is 26.3. The van der Waals surface area contributed by atoms with Gasteiger partial charge in [-0.15, -0.1) is 0 Å². The summed E-state index contributed by atoms with van der Waals surface area (Å²) in [6.45, 7) is 6.11. The molecule has 0 spiro atoms. The second kappa shape index (κ2) is 30.6. The van der Waals surface area contributed by atoms with Gasteiger partial charge in [0.25, 0.3) is 0 Å². The Morgan fingerprint density at radius 2 is 1.31 bits per heavy atom. The van der Waals surface area contributed by atoms with E-state index in [2.05, 4.69) is 49.8 Å². The minimum atomic E-state index is -1.37. The van der Waals surface area contributed by atoms with E-state index in [1.54, 1.807) is 64.3 Å². The average Bonchev–Trinajstić information content (AvgIpc) is 3.82. The summed E-state index contributed by atoms with van der Waals surface area (Å²) in [4.78, 5) is 145. The van der Waals surface area contributed by atoms with Crippen molar-refractivity contribution in [3.8, 4) is 0 Å². The summed E-state index contributed by atoms with van der Waals surface area (Å²) >= 11 is 5.57. The number of carboxylic acid groups (broad SMARTS) is 1. The average molecular weight is 1020 g/mol. The summed E-state index contributed by atoms with van der Waals surface area (Å²) in [5, 5.41) is 27.4. The van der Waals surface area contributed by atoms with Gasteiger partial charge in [0.05, 0.1) is 12.6 Å². The van der Waals surface area contributed by atoms with E-state index in [9.17, 15) is 57.8 Å². The highest BCUT2D eigenvalue weighted by atomic mass is 32.2. The van der Waals surface area contributed by atoms with Gasteiger partial charge in [0.1, 0.15) is 42.3 Å². The number of aliphatic carboxylic acids is 1. The number of nitrogens with one attached hydrogen (secondary N) is 7. The maximum Gasteiger partial charge on any atom is 0.326 e. The Labute approximate surface area is 417 Å². The molecule has 25 heteroatoms. The normalized spacial score (nSPS) is 16.7. The van der Waals surface area contributed by atoms with E-state index < -0.39 is 132 Å². The fraction of sp³-hybridized carbons (Fsp3) is 0.622. The molecular weight excluding hydrogens is 951 g/mol. The predicted octanol–water partition coefficient (Wildman–Crippen LogP) is -2.43. The van der Waals surface area contributed by atoms with Gasteiger partial charge < -0.3 is 64.4 Å². The van der Waals surface area contributed by atoms with Crippen LogP contribution < -0.4 is 54.4 Å². The number of rotatable bonds is 31. The highest BCUT2D eigenvalue weighted by Gasteiger charge is 2.40. The molecule has 0 unspecified atom stereocenters. The third-order valence-corrected chi connectivity index (χ3v) is 12.6. The fourth-order valence-corrected chi connectivity index (χ4v) is 8.06. The SMILES string of the molecule is CC[C@H](C)[C@H](NC(=O)[C@H](CS)NC(=O)CNC(=O)[C@H](CCC(N)=O)NC(=O)[C@@H](N)Cc1ccccc1)C(=O)N[C@@H](CCSC)C(=O)N[C@@H](CCC(N)=O)C(=O)N1CCC[C@H]1C(=O)N[C@H](C(=O)O)C(C)C. The first-order valence-corrected chi connectivity index (χ1v) is 25.2. The molecule has 0 bridgehead atoms. The number of hydrogen-bond acceptors (Lipinski definition) is 14. The second-order valence-electron chi connectivity index (χ2n) is 17.4. The summed E-state index contributed by atoms with van der Waals surface area (Å²) < 4.78 is 0. The lowest BCUT2D eigenvalue weighted by atomic mass is 9.97. The molecule has 1 aromatic carbocycles. The Morgan fingerprint density at radius 3 is 1.87 bits per heavy atom. The number of nitrogens with zero attached hydrogens (tertiary/aromatic N) is 1. The Bertz CT molecular complexity index is 2000. The fourth-order valence-electron chi connectivity index (χ4n) is 7.33. The summed E-state index contributed by atoms with van der Waals surface area (Å²) in [6.07, 6.45) is 1.93. The van der Waals surface area contributed by atoms with Crippen LogP contribution in [-0.4, -0.2) is 154 Å². The molecule has 70 heavy (non-hydrogen) atoms. The van der Waals surface area contributed by atoms with Crippen molar-refractivity contribution in [1.82, 2.24) is 42.1 Å². The minimum Gasteiger partial charge on any atom is -0.480 e. The van der Waals surface area contributed by atoms with Crippen molar-refractivity contribution < 1.29 is 57.8 Å². The zero-order chi connectivity index (χ0) is 52.7. The quantitative estimate of drug-likeness (QED) is 0.0345. The number of carbonyl (C=O) groups is 11. The van der Waals surface area contributed by atoms with Gasteiger partial charge in [-0.25, -0.2) is 4.79 Å². The van der Waals surface area contributed by atoms with Crippen molar-refractivity contribution in [2.24, 2.45) is 29.0 Å². The van der Waals surface area contributed by atoms with Crippen LogP contribution in [0.5, 0.6) is 0 Å². The largest absolute Gasteiger partial charge is 0.480 e. The van der Waals surface area contributed by atoms with Crippen molar-refractivity contribution in [3.05, 3.63) is 35.9 Å². The number of thioether (sulfide) groups is 1. The van der Waals surface area contributed by atoms with Crippen molar-refractivity contribution in [1.29, 1.82) is 0 Å². The zero-order valence-corrected chi connectivity index (χ0v) is 42.0. The summed E-state index contributed by atoms with van der Waals surface area (Å²) in [7, 11) is 0. The van der Waals surface area contributed by atoms with E-state index in [1.807, 2.05) is 0 Å². The molecule has 14 N–H and O–H groups in total. The third kappa shape index (κ3) is 20.2. The lowest BCUT2D eigenvalue weighted by Gasteiger charge is -2.31. The summed E-state index contributed by atoms with van der Waals surface area (Å²) in [5.74, 6) is -9.82. The zero-order valence-electron chi connectivity index (χ0n) is 40.3. The molecule has 1 aliphatic heterocycles. The van der Waals surface area contributed by atoms with Crippen molar-refractivity contribution >= 4 is 89.4 Å². The number of thiol groups is 1. The number of carboxylic acids is 1.